The molecule has 3 amide bonds. The molecule has 0 radical (unpaired) electrons. The van der Waals surface area contributed by atoms with Crippen LogP contribution in [0.2, 0.25) is 15.1 Å². The van der Waals surface area contributed by atoms with Crippen LogP contribution in [0.3, 0.4) is 0 Å². The van der Waals surface area contributed by atoms with Crippen molar-refractivity contribution in [1.82, 2.24) is 19.7 Å². The number of likely N-dealkylation sites (tertiary alicyclic amines) is 2. The highest BCUT2D eigenvalue weighted by Gasteiger charge is 2.48. The Hall–Kier alpha value is -2.35. The number of pyridine rings is 1. The van der Waals surface area contributed by atoms with Gasteiger partial charge in [0.25, 0.3) is 5.91 Å². The molecule has 0 spiro atoms. The summed E-state index contributed by atoms with van der Waals surface area (Å²) in [5, 5.41) is 1.34. The van der Waals surface area contributed by atoms with E-state index in [-0.39, 0.29) is 46.7 Å². The summed E-state index contributed by atoms with van der Waals surface area (Å²) < 4.78 is 0. The Morgan fingerprint density at radius 3 is 2.29 bits per heavy atom. The van der Waals surface area contributed by atoms with Crippen molar-refractivity contribution in [2.45, 2.75) is 44.6 Å². The largest absolute Gasteiger partial charge is 0.342 e. The van der Waals surface area contributed by atoms with E-state index in [9.17, 15) is 14.4 Å². The van der Waals surface area contributed by atoms with Gasteiger partial charge in [-0.25, -0.2) is 4.98 Å². The first-order valence-electron chi connectivity index (χ1n) is 13.0. The second-order valence-corrected chi connectivity index (χ2v) is 12.2. The number of piperidine rings is 1. The molecule has 3 aliphatic rings. The molecule has 5 rings (SSSR count). The Morgan fingerprint density at radius 1 is 0.974 bits per heavy atom. The van der Waals surface area contributed by atoms with Gasteiger partial charge in [0.2, 0.25) is 11.8 Å². The molecule has 1 saturated carbocycles. The van der Waals surface area contributed by atoms with E-state index in [0.29, 0.717) is 54.1 Å². The van der Waals surface area contributed by atoms with Gasteiger partial charge in [-0.1, -0.05) is 47.8 Å². The van der Waals surface area contributed by atoms with Crippen molar-refractivity contribution in [3.63, 3.8) is 0 Å². The van der Waals surface area contributed by atoms with Crippen LogP contribution < -0.4 is 0 Å². The summed E-state index contributed by atoms with van der Waals surface area (Å²) in [7, 11) is 1.74. The number of halogens is 3. The van der Waals surface area contributed by atoms with Crippen LogP contribution in [0, 0.1) is 11.3 Å². The standard InChI is InChI=1S/C28H31Cl3N4O3/c1-28(9-10-28)27(38)34-11-7-17(8-12-34)25(36)35-15-20(18-3-5-21(30)22(31)13-18)24(16-35)33(2)26(37)23-6-4-19(29)14-32-23/h3-6,13-14,17,20,24H,7-12,15-16H2,1-2H3. The number of rotatable bonds is 5. The van der Waals surface area contributed by atoms with E-state index in [4.69, 9.17) is 34.8 Å². The Labute approximate surface area is 238 Å². The zero-order valence-electron chi connectivity index (χ0n) is 21.5. The Bertz CT molecular complexity index is 1240. The van der Waals surface area contributed by atoms with Crippen LogP contribution >= 0.6 is 34.8 Å². The monoisotopic (exact) mass is 576 g/mol. The van der Waals surface area contributed by atoms with Crippen molar-refractivity contribution in [3.05, 3.63) is 62.9 Å². The molecular formula is C28H31Cl3N4O3. The summed E-state index contributed by atoms with van der Waals surface area (Å²) in [5.41, 5.74) is 1.01. The van der Waals surface area contributed by atoms with Gasteiger partial charge in [0.15, 0.2) is 0 Å². The summed E-state index contributed by atoms with van der Waals surface area (Å²) in [4.78, 5) is 49.4. The van der Waals surface area contributed by atoms with E-state index in [2.05, 4.69) is 4.98 Å². The molecule has 1 aromatic heterocycles. The highest BCUT2D eigenvalue weighted by molar-refractivity contribution is 6.42. The molecule has 1 aliphatic carbocycles. The number of carbonyl (C=O) groups is 3. The third-order valence-corrected chi connectivity index (χ3v) is 9.35. The third kappa shape index (κ3) is 5.38. The molecule has 3 fully saturated rings. The molecule has 2 atom stereocenters. The van der Waals surface area contributed by atoms with Gasteiger partial charge >= 0.3 is 0 Å². The van der Waals surface area contributed by atoms with Gasteiger partial charge in [0.05, 0.1) is 21.1 Å². The summed E-state index contributed by atoms with van der Waals surface area (Å²) in [6.07, 6.45) is 4.66. The zero-order valence-corrected chi connectivity index (χ0v) is 23.8. The maximum atomic E-state index is 13.7. The normalized spacial score (nSPS) is 22.9. The van der Waals surface area contributed by atoms with E-state index >= 15 is 0 Å². The molecule has 2 aliphatic heterocycles. The second-order valence-electron chi connectivity index (χ2n) is 11.0. The lowest BCUT2D eigenvalue weighted by atomic mass is 9.93. The molecule has 10 heteroatoms. The van der Waals surface area contributed by atoms with E-state index in [1.807, 2.05) is 28.9 Å². The first kappa shape index (κ1) is 27.2. The molecule has 38 heavy (non-hydrogen) atoms. The van der Waals surface area contributed by atoms with Gasteiger partial charge < -0.3 is 14.7 Å². The number of nitrogens with zero attached hydrogens (tertiary/aromatic N) is 4. The van der Waals surface area contributed by atoms with Crippen LogP contribution in [-0.4, -0.2) is 76.7 Å². The zero-order chi connectivity index (χ0) is 27.2. The van der Waals surface area contributed by atoms with Gasteiger partial charge in [0, 0.05) is 56.7 Å². The minimum absolute atomic E-state index is 0.0766. The van der Waals surface area contributed by atoms with Gasteiger partial charge in [-0.3, -0.25) is 14.4 Å². The molecule has 0 N–H and O–H groups in total. The number of likely N-dealkylation sites (N-methyl/N-ethyl adjacent to an activating group) is 1. The summed E-state index contributed by atoms with van der Waals surface area (Å²) >= 11 is 18.5. The number of amides is 3. The molecule has 7 nitrogen and oxygen atoms in total. The molecule has 202 valence electrons. The van der Waals surface area contributed by atoms with Crippen molar-refractivity contribution in [2.24, 2.45) is 11.3 Å². The molecule has 2 saturated heterocycles. The van der Waals surface area contributed by atoms with Gasteiger partial charge in [0.1, 0.15) is 5.69 Å². The number of aromatic nitrogens is 1. The highest BCUT2D eigenvalue weighted by atomic mass is 35.5. The van der Waals surface area contributed by atoms with E-state index in [0.717, 1.165) is 18.4 Å². The van der Waals surface area contributed by atoms with E-state index < -0.39 is 0 Å². The first-order chi connectivity index (χ1) is 18.1. The second kappa shape index (κ2) is 10.7. The van der Waals surface area contributed by atoms with Crippen molar-refractivity contribution in [3.8, 4) is 0 Å². The van der Waals surface area contributed by atoms with Crippen LogP contribution in [0.5, 0.6) is 0 Å². The lowest BCUT2D eigenvalue weighted by Crippen LogP contribution is -2.46. The minimum atomic E-state index is -0.280. The van der Waals surface area contributed by atoms with Crippen LogP contribution in [0.1, 0.15) is 54.6 Å². The number of hydrogen-bond donors (Lipinski definition) is 0. The highest BCUT2D eigenvalue weighted by Crippen LogP contribution is 2.47. The fraction of sp³-hybridized carbons (Fsp3) is 0.500. The van der Waals surface area contributed by atoms with Gasteiger partial charge in [-0.2, -0.15) is 0 Å². The summed E-state index contributed by atoms with van der Waals surface area (Å²) in [6, 6.07) is 8.42. The number of carbonyl (C=O) groups excluding carboxylic acids is 3. The molecule has 2 aromatic rings. The van der Waals surface area contributed by atoms with Gasteiger partial charge in [-0.05, 0) is 55.5 Å². The lowest BCUT2D eigenvalue weighted by Gasteiger charge is -2.34. The van der Waals surface area contributed by atoms with Crippen molar-refractivity contribution in [1.29, 1.82) is 0 Å². The first-order valence-corrected chi connectivity index (χ1v) is 14.1. The SMILES string of the molecule is CN(C(=O)c1ccc(Cl)cn1)C1CN(C(=O)C2CCN(C(=O)C3(C)CC3)CC2)CC1c1ccc(Cl)c(Cl)c1. The number of benzene rings is 1. The van der Waals surface area contributed by atoms with Gasteiger partial charge in [-0.15, -0.1) is 0 Å². The van der Waals surface area contributed by atoms with E-state index in [1.165, 1.54) is 6.20 Å². The Morgan fingerprint density at radius 2 is 1.68 bits per heavy atom. The predicted molar refractivity (Wildman–Crippen MR) is 148 cm³/mol. The Balaban J connectivity index is 1.33. The number of hydrogen-bond acceptors (Lipinski definition) is 4. The summed E-state index contributed by atoms with van der Waals surface area (Å²) in [6.45, 7) is 4.11. The van der Waals surface area contributed by atoms with Crippen LogP contribution in [-0.2, 0) is 9.59 Å². The molecular weight excluding hydrogens is 547 g/mol. The molecule has 3 heterocycles. The fourth-order valence-corrected chi connectivity index (χ4v) is 6.05. The van der Waals surface area contributed by atoms with E-state index in [1.54, 1.807) is 30.1 Å². The minimum Gasteiger partial charge on any atom is -0.342 e. The maximum Gasteiger partial charge on any atom is 0.272 e. The van der Waals surface area contributed by atoms with Crippen molar-refractivity contribution < 1.29 is 14.4 Å². The van der Waals surface area contributed by atoms with Crippen molar-refractivity contribution >= 4 is 52.5 Å². The molecule has 0 bridgehead atoms. The third-order valence-electron chi connectivity index (χ3n) is 8.38. The van der Waals surface area contributed by atoms with Crippen molar-refractivity contribution in [2.75, 3.05) is 33.2 Å². The summed E-state index contributed by atoms with van der Waals surface area (Å²) in [5.74, 6) is -0.232. The van der Waals surface area contributed by atoms with Crippen LogP contribution in [0.25, 0.3) is 0 Å². The smallest absolute Gasteiger partial charge is 0.272 e. The lowest BCUT2D eigenvalue weighted by molar-refractivity contribution is -0.142. The molecule has 1 aromatic carbocycles. The maximum absolute atomic E-state index is 13.7. The fourth-order valence-electron chi connectivity index (χ4n) is 5.63. The van der Waals surface area contributed by atoms with Crippen LogP contribution in [0.15, 0.2) is 36.5 Å². The van der Waals surface area contributed by atoms with Crippen LogP contribution in [0.4, 0.5) is 0 Å². The quantitative estimate of drug-likeness (QED) is 0.493. The average Bonchev–Trinajstić information content (AvgIpc) is 3.52. The predicted octanol–water partition coefficient (Wildman–Crippen LogP) is 5.15. The Kier molecular flexibility index (Phi) is 7.64. The molecule has 2 unspecified atom stereocenters. The topological polar surface area (TPSA) is 73.8 Å². The average molecular weight is 578 g/mol.